The molecule has 0 aromatic heterocycles. The Labute approximate surface area is 99.9 Å². The van der Waals surface area contributed by atoms with Crippen LogP contribution in [0, 0.1) is 10.1 Å². The summed E-state index contributed by atoms with van der Waals surface area (Å²) in [7, 11) is 2.09. The van der Waals surface area contributed by atoms with Gasteiger partial charge in [-0.25, -0.2) is 5.01 Å². The fourth-order valence-corrected chi connectivity index (χ4v) is 1.79. The highest BCUT2D eigenvalue weighted by Crippen LogP contribution is 2.17. The Morgan fingerprint density at radius 3 is 2.65 bits per heavy atom. The third-order valence-electron chi connectivity index (χ3n) is 2.85. The Kier molecular flexibility index (Phi) is 3.55. The molecule has 0 atom stereocenters. The van der Waals surface area contributed by atoms with Crippen molar-refractivity contribution < 1.29 is 4.92 Å². The van der Waals surface area contributed by atoms with Crippen molar-refractivity contribution in [3.8, 4) is 0 Å². The van der Waals surface area contributed by atoms with E-state index in [2.05, 4.69) is 22.4 Å². The Hall–Kier alpha value is -1.66. The predicted octanol–water partition coefficient (Wildman–Crippen LogP) is 1.17. The van der Waals surface area contributed by atoms with Gasteiger partial charge in [-0.15, -0.1) is 0 Å². The van der Waals surface area contributed by atoms with Gasteiger partial charge >= 0.3 is 0 Å². The van der Waals surface area contributed by atoms with E-state index in [1.54, 1.807) is 12.1 Å². The van der Waals surface area contributed by atoms with Crippen LogP contribution in [-0.2, 0) is 0 Å². The van der Waals surface area contributed by atoms with Gasteiger partial charge in [-0.3, -0.25) is 10.1 Å². The molecule has 1 saturated heterocycles. The minimum atomic E-state index is -0.380. The van der Waals surface area contributed by atoms with Crippen molar-refractivity contribution in [2.75, 3.05) is 38.7 Å². The number of hydrazine groups is 1. The summed E-state index contributed by atoms with van der Waals surface area (Å²) in [5, 5.41) is 12.7. The summed E-state index contributed by atoms with van der Waals surface area (Å²) in [4.78, 5) is 12.5. The number of benzene rings is 1. The number of hydrogen-bond acceptors (Lipinski definition) is 5. The van der Waals surface area contributed by atoms with E-state index in [-0.39, 0.29) is 10.6 Å². The number of non-ortho nitro benzene ring substituents is 1. The first-order valence-corrected chi connectivity index (χ1v) is 5.60. The normalized spacial score (nSPS) is 17.9. The van der Waals surface area contributed by atoms with Crippen LogP contribution >= 0.6 is 0 Å². The molecule has 0 radical (unpaired) electrons. The third kappa shape index (κ3) is 3.15. The van der Waals surface area contributed by atoms with Gasteiger partial charge in [-0.05, 0) is 13.1 Å². The summed E-state index contributed by atoms with van der Waals surface area (Å²) < 4.78 is 0. The molecule has 6 heteroatoms. The Balaban J connectivity index is 1.98. The minimum absolute atomic E-state index is 0.115. The molecule has 0 amide bonds. The van der Waals surface area contributed by atoms with Crippen molar-refractivity contribution in [3.05, 3.63) is 34.4 Å². The lowest BCUT2D eigenvalue weighted by atomic mass is 10.3. The van der Waals surface area contributed by atoms with Crippen LogP contribution in [0.25, 0.3) is 0 Å². The Morgan fingerprint density at radius 1 is 1.29 bits per heavy atom. The lowest BCUT2D eigenvalue weighted by molar-refractivity contribution is -0.384. The third-order valence-corrected chi connectivity index (χ3v) is 2.85. The van der Waals surface area contributed by atoms with Crippen molar-refractivity contribution in [1.29, 1.82) is 0 Å². The molecule has 17 heavy (non-hydrogen) atoms. The van der Waals surface area contributed by atoms with Crippen LogP contribution in [0.4, 0.5) is 11.4 Å². The van der Waals surface area contributed by atoms with Crippen molar-refractivity contribution in [1.82, 2.24) is 9.91 Å². The van der Waals surface area contributed by atoms with E-state index in [0.717, 1.165) is 31.9 Å². The number of hydrogen-bond donors (Lipinski definition) is 1. The van der Waals surface area contributed by atoms with Gasteiger partial charge < -0.3 is 10.3 Å². The number of nitro benzene ring substituents is 1. The van der Waals surface area contributed by atoms with Crippen LogP contribution in [0.3, 0.4) is 0 Å². The van der Waals surface area contributed by atoms with E-state index in [1.165, 1.54) is 6.07 Å². The van der Waals surface area contributed by atoms with Gasteiger partial charge in [0.1, 0.15) is 0 Å². The predicted molar refractivity (Wildman–Crippen MR) is 65.8 cm³/mol. The maximum Gasteiger partial charge on any atom is 0.271 e. The van der Waals surface area contributed by atoms with Gasteiger partial charge in [-0.2, -0.15) is 0 Å². The molecule has 1 heterocycles. The largest absolute Gasteiger partial charge is 0.319 e. The molecule has 0 saturated carbocycles. The SMILES string of the molecule is CN1CCN(Nc2cccc([N+](=O)[O-])c2)CC1. The summed E-state index contributed by atoms with van der Waals surface area (Å²) >= 11 is 0. The Bertz CT molecular complexity index is 402. The van der Waals surface area contributed by atoms with Crippen LogP contribution in [0.15, 0.2) is 24.3 Å². The molecular formula is C11H16N4O2. The number of nitro groups is 1. The molecule has 1 aliphatic heterocycles. The average molecular weight is 236 g/mol. The summed E-state index contributed by atoms with van der Waals surface area (Å²) in [5.74, 6) is 0. The van der Waals surface area contributed by atoms with E-state index in [1.807, 2.05) is 6.07 Å². The van der Waals surface area contributed by atoms with Crippen molar-refractivity contribution >= 4 is 11.4 Å². The molecular weight excluding hydrogens is 220 g/mol. The quantitative estimate of drug-likeness (QED) is 0.630. The fraction of sp³-hybridized carbons (Fsp3) is 0.455. The van der Waals surface area contributed by atoms with E-state index in [4.69, 9.17) is 0 Å². The molecule has 1 aromatic carbocycles. The van der Waals surface area contributed by atoms with Crippen LogP contribution in [-0.4, -0.2) is 48.1 Å². The van der Waals surface area contributed by atoms with Crippen molar-refractivity contribution in [2.45, 2.75) is 0 Å². The molecule has 0 aliphatic carbocycles. The number of piperazine rings is 1. The topological polar surface area (TPSA) is 61.6 Å². The number of nitrogens with zero attached hydrogens (tertiary/aromatic N) is 3. The highest BCUT2D eigenvalue weighted by Gasteiger charge is 2.14. The maximum atomic E-state index is 10.6. The maximum absolute atomic E-state index is 10.6. The summed E-state index contributed by atoms with van der Waals surface area (Å²) in [6.07, 6.45) is 0. The van der Waals surface area contributed by atoms with Gasteiger partial charge in [0.05, 0.1) is 10.6 Å². The molecule has 1 fully saturated rings. The number of likely N-dealkylation sites (N-methyl/N-ethyl adjacent to an activating group) is 1. The zero-order valence-electron chi connectivity index (χ0n) is 9.80. The molecule has 6 nitrogen and oxygen atoms in total. The van der Waals surface area contributed by atoms with E-state index >= 15 is 0 Å². The molecule has 0 spiro atoms. The first-order chi connectivity index (χ1) is 8.15. The van der Waals surface area contributed by atoms with Gasteiger partial charge in [0.15, 0.2) is 0 Å². The highest BCUT2D eigenvalue weighted by atomic mass is 16.6. The van der Waals surface area contributed by atoms with Crippen LogP contribution in [0.1, 0.15) is 0 Å². The average Bonchev–Trinajstić information content (AvgIpc) is 2.32. The zero-order chi connectivity index (χ0) is 12.3. The smallest absolute Gasteiger partial charge is 0.271 e. The molecule has 0 bridgehead atoms. The van der Waals surface area contributed by atoms with E-state index in [9.17, 15) is 10.1 Å². The first kappa shape index (κ1) is 11.8. The van der Waals surface area contributed by atoms with Crippen LogP contribution in [0.5, 0.6) is 0 Å². The van der Waals surface area contributed by atoms with Crippen molar-refractivity contribution in [2.24, 2.45) is 0 Å². The lowest BCUT2D eigenvalue weighted by Crippen LogP contribution is -2.46. The van der Waals surface area contributed by atoms with E-state index in [0.29, 0.717) is 0 Å². The standard InChI is InChI=1S/C11H16N4O2/c1-13-5-7-14(8-6-13)12-10-3-2-4-11(9-10)15(16)17/h2-4,9,12H,5-8H2,1H3. The first-order valence-electron chi connectivity index (χ1n) is 5.60. The number of anilines is 1. The summed E-state index contributed by atoms with van der Waals surface area (Å²) in [6.45, 7) is 3.84. The van der Waals surface area contributed by atoms with Gasteiger partial charge in [0.25, 0.3) is 5.69 Å². The fourth-order valence-electron chi connectivity index (χ4n) is 1.79. The second-order valence-corrected chi connectivity index (χ2v) is 4.21. The van der Waals surface area contributed by atoms with Gasteiger partial charge in [0, 0.05) is 38.3 Å². The lowest BCUT2D eigenvalue weighted by Gasteiger charge is -2.32. The number of rotatable bonds is 3. The van der Waals surface area contributed by atoms with E-state index < -0.39 is 0 Å². The van der Waals surface area contributed by atoms with Crippen LogP contribution < -0.4 is 5.43 Å². The summed E-state index contributed by atoms with van der Waals surface area (Å²) in [6, 6.07) is 6.58. The molecule has 1 N–H and O–H groups in total. The highest BCUT2D eigenvalue weighted by molar-refractivity contribution is 5.50. The summed E-state index contributed by atoms with van der Waals surface area (Å²) in [5.41, 5.74) is 4.08. The second kappa shape index (κ2) is 5.11. The van der Waals surface area contributed by atoms with Gasteiger partial charge in [0.2, 0.25) is 0 Å². The monoisotopic (exact) mass is 236 g/mol. The minimum Gasteiger partial charge on any atom is -0.319 e. The molecule has 1 aliphatic rings. The Morgan fingerprint density at radius 2 is 2.00 bits per heavy atom. The molecule has 2 rings (SSSR count). The second-order valence-electron chi connectivity index (χ2n) is 4.21. The molecule has 0 unspecified atom stereocenters. The number of nitrogens with one attached hydrogen (secondary N) is 1. The van der Waals surface area contributed by atoms with Gasteiger partial charge in [-0.1, -0.05) is 6.07 Å². The molecule has 1 aromatic rings. The van der Waals surface area contributed by atoms with Crippen LogP contribution in [0.2, 0.25) is 0 Å². The molecule has 92 valence electrons. The van der Waals surface area contributed by atoms with Crippen molar-refractivity contribution in [3.63, 3.8) is 0 Å². The zero-order valence-corrected chi connectivity index (χ0v) is 9.80.